The highest BCUT2D eigenvalue weighted by atomic mass is 16.5. The molecule has 0 aromatic heterocycles. The molecular formula is C13H20N2O. The molecule has 3 nitrogen and oxygen atoms in total. The third kappa shape index (κ3) is 1.97. The number of rotatable bonds is 2. The van der Waals surface area contributed by atoms with Crippen molar-refractivity contribution in [3.63, 3.8) is 0 Å². The largest absolute Gasteiger partial charge is 0.361 e. The third-order valence-electron chi connectivity index (χ3n) is 4.67. The lowest BCUT2D eigenvalue weighted by Gasteiger charge is -2.34. The Morgan fingerprint density at radius 1 is 1.31 bits per heavy atom. The molecule has 4 atom stereocenters. The lowest BCUT2D eigenvalue weighted by Crippen LogP contribution is -2.44. The molecule has 3 aliphatic rings. The number of ether oxygens (including phenoxy) is 1. The predicted octanol–water partition coefficient (Wildman–Crippen LogP) is 1.65. The molecule has 0 spiro atoms. The van der Waals surface area contributed by atoms with E-state index in [0.29, 0.717) is 0 Å². The van der Waals surface area contributed by atoms with E-state index < -0.39 is 0 Å². The SMILES string of the molecule is N#CC1CN(CC2CC3CCC2C3)CCO1. The van der Waals surface area contributed by atoms with Gasteiger partial charge < -0.3 is 4.74 Å². The Balaban J connectivity index is 1.53. The Bertz CT molecular complexity index is 299. The number of morpholine rings is 1. The van der Waals surface area contributed by atoms with Gasteiger partial charge in [0, 0.05) is 19.6 Å². The van der Waals surface area contributed by atoms with Gasteiger partial charge in [-0.3, -0.25) is 4.90 Å². The standard InChI is InChI=1S/C13H20N2O/c14-7-13-9-15(3-4-16-13)8-12-6-10-1-2-11(12)5-10/h10-13H,1-6,8-9H2. The zero-order valence-corrected chi connectivity index (χ0v) is 9.77. The van der Waals surface area contributed by atoms with Gasteiger partial charge in [-0.25, -0.2) is 0 Å². The molecule has 1 heterocycles. The second-order valence-electron chi connectivity index (χ2n) is 5.68. The van der Waals surface area contributed by atoms with Crippen molar-refractivity contribution in [3.8, 4) is 6.07 Å². The van der Waals surface area contributed by atoms with E-state index in [4.69, 9.17) is 10.00 Å². The van der Waals surface area contributed by atoms with Gasteiger partial charge in [0.2, 0.25) is 0 Å². The minimum atomic E-state index is -0.188. The summed E-state index contributed by atoms with van der Waals surface area (Å²) in [5.41, 5.74) is 0. The van der Waals surface area contributed by atoms with Gasteiger partial charge in [-0.15, -0.1) is 0 Å². The zero-order valence-electron chi connectivity index (χ0n) is 9.77. The second kappa shape index (κ2) is 4.35. The summed E-state index contributed by atoms with van der Waals surface area (Å²) in [6.45, 7) is 3.79. The lowest BCUT2D eigenvalue weighted by atomic mass is 9.88. The minimum Gasteiger partial charge on any atom is -0.361 e. The van der Waals surface area contributed by atoms with Crippen LogP contribution < -0.4 is 0 Å². The van der Waals surface area contributed by atoms with Crippen LogP contribution in [0.5, 0.6) is 0 Å². The van der Waals surface area contributed by atoms with Crippen LogP contribution in [-0.4, -0.2) is 37.2 Å². The van der Waals surface area contributed by atoms with E-state index in [1.165, 1.54) is 32.2 Å². The first-order valence-electron chi connectivity index (χ1n) is 6.58. The smallest absolute Gasteiger partial charge is 0.156 e. The average Bonchev–Trinajstić information content (AvgIpc) is 2.91. The van der Waals surface area contributed by atoms with Gasteiger partial charge in [0.25, 0.3) is 0 Å². The quantitative estimate of drug-likeness (QED) is 0.710. The second-order valence-corrected chi connectivity index (χ2v) is 5.68. The van der Waals surface area contributed by atoms with E-state index >= 15 is 0 Å². The van der Waals surface area contributed by atoms with Crippen LogP contribution in [0.3, 0.4) is 0 Å². The fourth-order valence-electron chi connectivity index (χ4n) is 3.88. The molecule has 3 fully saturated rings. The fourth-order valence-corrected chi connectivity index (χ4v) is 3.88. The van der Waals surface area contributed by atoms with Gasteiger partial charge in [-0.1, -0.05) is 6.42 Å². The maximum Gasteiger partial charge on any atom is 0.156 e. The molecule has 3 heteroatoms. The topological polar surface area (TPSA) is 36.3 Å². The van der Waals surface area contributed by atoms with Crippen molar-refractivity contribution < 1.29 is 4.74 Å². The van der Waals surface area contributed by atoms with Gasteiger partial charge >= 0.3 is 0 Å². The van der Waals surface area contributed by atoms with Gasteiger partial charge in [-0.2, -0.15) is 5.26 Å². The first-order chi connectivity index (χ1) is 7.85. The van der Waals surface area contributed by atoms with Crippen LogP contribution in [0.1, 0.15) is 25.7 Å². The number of nitrogens with zero attached hydrogens (tertiary/aromatic N) is 2. The fraction of sp³-hybridized carbons (Fsp3) is 0.923. The van der Waals surface area contributed by atoms with Gasteiger partial charge in [0.1, 0.15) is 0 Å². The van der Waals surface area contributed by atoms with Gasteiger partial charge in [0.15, 0.2) is 6.10 Å². The normalized spacial score (nSPS) is 43.4. The van der Waals surface area contributed by atoms with Crippen LogP contribution >= 0.6 is 0 Å². The predicted molar refractivity (Wildman–Crippen MR) is 60.7 cm³/mol. The first-order valence-corrected chi connectivity index (χ1v) is 6.58. The molecule has 2 aliphatic carbocycles. The number of hydrogen-bond donors (Lipinski definition) is 0. The molecule has 3 rings (SSSR count). The molecule has 2 saturated carbocycles. The van der Waals surface area contributed by atoms with Crippen LogP contribution in [0.2, 0.25) is 0 Å². The Hall–Kier alpha value is -0.590. The molecule has 0 radical (unpaired) electrons. The van der Waals surface area contributed by atoms with E-state index in [1.807, 2.05) is 0 Å². The monoisotopic (exact) mass is 220 g/mol. The summed E-state index contributed by atoms with van der Waals surface area (Å²) in [6, 6.07) is 2.23. The van der Waals surface area contributed by atoms with Crippen molar-refractivity contribution in [3.05, 3.63) is 0 Å². The number of fused-ring (bicyclic) bond motifs is 2. The number of hydrogen-bond acceptors (Lipinski definition) is 3. The Morgan fingerprint density at radius 2 is 2.25 bits per heavy atom. The van der Waals surface area contributed by atoms with Gasteiger partial charge in [0.05, 0.1) is 12.7 Å². The van der Waals surface area contributed by atoms with Crippen LogP contribution in [-0.2, 0) is 4.74 Å². The number of nitriles is 1. The van der Waals surface area contributed by atoms with Crippen molar-refractivity contribution in [2.75, 3.05) is 26.2 Å². The molecule has 1 aliphatic heterocycles. The van der Waals surface area contributed by atoms with E-state index in [1.54, 1.807) is 0 Å². The molecular weight excluding hydrogens is 200 g/mol. The molecule has 0 aromatic carbocycles. The molecule has 1 saturated heterocycles. The van der Waals surface area contributed by atoms with E-state index in [9.17, 15) is 0 Å². The van der Waals surface area contributed by atoms with Crippen LogP contribution in [0.15, 0.2) is 0 Å². The maximum atomic E-state index is 8.87. The van der Waals surface area contributed by atoms with Gasteiger partial charge in [-0.05, 0) is 37.0 Å². The van der Waals surface area contributed by atoms with Crippen molar-refractivity contribution in [1.29, 1.82) is 5.26 Å². The third-order valence-corrected chi connectivity index (χ3v) is 4.67. The summed E-state index contributed by atoms with van der Waals surface area (Å²) >= 11 is 0. The lowest BCUT2D eigenvalue weighted by molar-refractivity contribution is -0.00810. The summed E-state index contributed by atoms with van der Waals surface area (Å²) in [5.74, 6) is 2.94. The molecule has 16 heavy (non-hydrogen) atoms. The summed E-state index contributed by atoms with van der Waals surface area (Å²) < 4.78 is 5.38. The summed E-state index contributed by atoms with van der Waals surface area (Å²) in [6.07, 6.45) is 5.68. The molecule has 4 unspecified atom stereocenters. The van der Waals surface area contributed by atoms with E-state index in [2.05, 4.69) is 11.0 Å². The highest BCUT2D eigenvalue weighted by Crippen LogP contribution is 2.48. The minimum absolute atomic E-state index is 0.188. The van der Waals surface area contributed by atoms with Crippen LogP contribution in [0.25, 0.3) is 0 Å². The molecule has 2 bridgehead atoms. The summed E-state index contributed by atoms with van der Waals surface area (Å²) in [4.78, 5) is 2.45. The maximum absolute atomic E-state index is 8.87. The molecule has 0 N–H and O–H groups in total. The first kappa shape index (κ1) is 10.6. The Kier molecular flexibility index (Phi) is 2.87. The summed E-state index contributed by atoms with van der Waals surface area (Å²) in [5, 5.41) is 8.87. The molecule has 0 amide bonds. The Morgan fingerprint density at radius 3 is 2.94 bits per heavy atom. The van der Waals surface area contributed by atoms with Crippen molar-refractivity contribution >= 4 is 0 Å². The highest BCUT2D eigenvalue weighted by Gasteiger charge is 2.40. The van der Waals surface area contributed by atoms with Crippen LogP contribution in [0.4, 0.5) is 0 Å². The molecule has 0 aromatic rings. The molecule has 88 valence electrons. The van der Waals surface area contributed by atoms with Crippen molar-refractivity contribution in [2.24, 2.45) is 17.8 Å². The van der Waals surface area contributed by atoms with E-state index in [-0.39, 0.29) is 6.10 Å². The zero-order chi connectivity index (χ0) is 11.0. The van der Waals surface area contributed by atoms with E-state index in [0.717, 1.165) is 37.5 Å². The van der Waals surface area contributed by atoms with Crippen molar-refractivity contribution in [1.82, 2.24) is 4.90 Å². The summed E-state index contributed by atoms with van der Waals surface area (Å²) in [7, 11) is 0. The average molecular weight is 220 g/mol. The highest BCUT2D eigenvalue weighted by molar-refractivity contribution is 4.94. The van der Waals surface area contributed by atoms with Crippen molar-refractivity contribution in [2.45, 2.75) is 31.8 Å². The van der Waals surface area contributed by atoms with Crippen LogP contribution in [0, 0.1) is 29.1 Å². The Labute approximate surface area is 97.4 Å².